The molecule has 2 aromatic rings. The number of hydrogen-bond acceptors (Lipinski definition) is 2. The van der Waals surface area contributed by atoms with Crippen LogP contribution in [0.1, 0.15) is 26.3 Å². The van der Waals surface area contributed by atoms with Crippen LogP contribution >= 0.6 is 0 Å². The van der Waals surface area contributed by atoms with E-state index in [4.69, 9.17) is 0 Å². The van der Waals surface area contributed by atoms with Gasteiger partial charge in [-0.1, -0.05) is 36.4 Å². The van der Waals surface area contributed by atoms with Crippen LogP contribution in [0.4, 0.5) is 0 Å². The summed E-state index contributed by atoms with van der Waals surface area (Å²) in [5, 5.41) is 6.16. The Labute approximate surface area is 122 Å². The average Bonchev–Trinajstić information content (AvgIpc) is 2.37. The van der Waals surface area contributed by atoms with Crippen LogP contribution in [0.5, 0.6) is 0 Å². The highest BCUT2D eigenvalue weighted by molar-refractivity contribution is 5.82. The van der Waals surface area contributed by atoms with Crippen molar-refractivity contribution in [3.8, 4) is 0 Å². The zero-order chi connectivity index (χ0) is 14.6. The molecule has 0 radical (unpaired) electrons. The van der Waals surface area contributed by atoms with E-state index in [0.717, 1.165) is 19.6 Å². The molecule has 2 nitrogen and oxygen atoms in total. The van der Waals surface area contributed by atoms with Gasteiger partial charge in [-0.3, -0.25) is 0 Å². The number of likely N-dealkylation sites (N-methyl/N-ethyl adjacent to an activating group) is 1. The van der Waals surface area contributed by atoms with Gasteiger partial charge in [0.25, 0.3) is 0 Å². The Kier molecular flexibility index (Phi) is 4.79. The Balaban J connectivity index is 1.91. The molecular weight excluding hydrogens is 244 g/mol. The summed E-state index contributed by atoms with van der Waals surface area (Å²) in [4.78, 5) is 2.36. The molecule has 0 heterocycles. The molecule has 0 unspecified atom stereocenters. The van der Waals surface area contributed by atoms with E-state index in [1.807, 2.05) is 0 Å². The third-order valence-corrected chi connectivity index (χ3v) is 3.42. The molecule has 1 N–H and O–H groups in total. The lowest BCUT2D eigenvalue weighted by atomic mass is 10.1. The number of nitrogens with one attached hydrogen (secondary N) is 1. The lowest BCUT2D eigenvalue weighted by Crippen LogP contribution is -2.40. The van der Waals surface area contributed by atoms with Crippen LogP contribution in [-0.4, -0.2) is 30.6 Å². The van der Waals surface area contributed by atoms with Gasteiger partial charge in [-0.05, 0) is 50.2 Å². The maximum Gasteiger partial charge on any atom is 0.0231 e. The molecule has 2 heteroatoms. The highest BCUT2D eigenvalue weighted by atomic mass is 15.1. The molecule has 108 valence electrons. The summed E-state index contributed by atoms with van der Waals surface area (Å²) >= 11 is 0. The molecule has 0 aliphatic carbocycles. The van der Waals surface area contributed by atoms with Gasteiger partial charge in [-0.25, -0.2) is 0 Å². The van der Waals surface area contributed by atoms with Gasteiger partial charge in [0, 0.05) is 25.2 Å². The third-order valence-electron chi connectivity index (χ3n) is 3.42. The highest BCUT2D eigenvalue weighted by Crippen LogP contribution is 2.16. The van der Waals surface area contributed by atoms with Crippen molar-refractivity contribution in [2.45, 2.75) is 32.9 Å². The highest BCUT2D eigenvalue weighted by Gasteiger charge is 2.08. The van der Waals surface area contributed by atoms with Crippen LogP contribution in [0, 0.1) is 0 Å². The number of hydrogen-bond donors (Lipinski definition) is 1. The summed E-state index contributed by atoms with van der Waals surface area (Å²) in [5.74, 6) is 0. The number of benzene rings is 2. The Morgan fingerprint density at radius 2 is 1.70 bits per heavy atom. The van der Waals surface area contributed by atoms with E-state index in [2.05, 4.69) is 80.5 Å². The number of rotatable bonds is 5. The molecule has 0 saturated carbocycles. The molecule has 0 aliphatic rings. The molecular formula is C18H26N2. The van der Waals surface area contributed by atoms with Gasteiger partial charge in [0.1, 0.15) is 0 Å². The minimum Gasteiger partial charge on any atom is -0.311 e. The zero-order valence-electron chi connectivity index (χ0n) is 13.1. The van der Waals surface area contributed by atoms with Gasteiger partial charge < -0.3 is 10.2 Å². The number of nitrogens with zero attached hydrogens (tertiary/aromatic N) is 1. The van der Waals surface area contributed by atoms with Crippen molar-refractivity contribution in [1.82, 2.24) is 10.2 Å². The molecule has 0 saturated heterocycles. The summed E-state index contributed by atoms with van der Waals surface area (Å²) in [7, 11) is 2.18. The maximum atomic E-state index is 3.53. The first kappa shape index (κ1) is 15.0. The van der Waals surface area contributed by atoms with Crippen molar-refractivity contribution in [3.63, 3.8) is 0 Å². The second-order valence-corrected chi connectivity index (χ2v) is 6.60. The maximum absolute atomic E-state index is 3.53. The second kappa shape index (κ2) is 6.38. The van der Waals surface area contributed by atoms with Crippen molar-refractivity contribution >= 4 is 10.8 Å². The fourth-order valence-corrected chi connectivity index (χ4v) is 2.35. The van der Waals surface area contributed by atoms with Crippen molar-refractivity contribution < 1.29 is 0 Å². The average molecular weight is 270 g/mol. The van der Waals surface area contributed by atoms with E-state index in [1.165, 1.54) is 16.3 Å². The van der Waals surface area contributed by atoms with Crippen LogP contribution in [0.15, 0.2) is 42.5 Å². The lowest BCUT2D eigenvalue weighted by molar-refractivity contribution is 0.303. The Morgan fingerprint density at radius 1 is 1.00 bits per heavy atom. The summed E-state index contributed by atoms with van der Waals surface area (Å²) in [6.07, 6.45) is 0. The number of fused-ring (bicyclic) bond motifs is 1. The third kappa shape index (κ3) is 4.62. The van der Waals surface area contributed by atoms with Crippen molar-refractivity contribution in [1.29, 1.82) is 0 Å². The van der Waals surface area contributed by atoms with Crippen LogP contribution in [0.3, 0.4) is 0 Å². The Morgan fingerprint density at radius 3 is 2.40 bits per heavy atom. The largest absolute Gasteiger partial charge is 0.311 e. The minimum absolute atomic E-state index is 0.198. The van der Waals surface area contributed by atoms with Crippen molar-refractivity contribution in [2.24, 2.45) is 0 Å². The Hall–Kier alpha value is -1.38. The molecule has 2 rings (SSSR count). The normalized spacial score (nSPS) is 12.2. The summed E-state index contributed by atoms with van der Waals surface area (Å²) < 4.78 is 0. The van der Waals surface area contributed by atoms with E-state index < -0.39 is 0 Å². The molecule has 0 fully saturated rings. The first-order valence-corrected chi connectivity index (χ1v) is 7.35. The predicted molar refractivity (Wildman–Crippen MR) is 88.0 cm³/mol. The van der Waals surface area contributed by atoms with Crippen LogP contribution in [0.25, 0.3) is 10.8 Å². The summed E-state index contributed by atoms with van der Waals surface area (Å²) in [6, 6.07) is 15.3. The van der Waals surface area contributed by atoms with E-state index in [9.17, 15) is 0 Å². The van der Waals surface area contributed by atoms with Gasteiger partial charge in [0.2, 0.25) is 0 Å². The van der Waals surface area contributed by atoms with Gasteiger partial charge in [0.05, 0.1) is 0 Å². The van der Waals surface area contributed by atoms with Crippen LogP contribution in [0.2, 0.25) is 0 Å². The fourth-order valence-electron chi connectivity index (χ4n) is 2.35. The molecule has 0 atom stereocenters. The van der Waals surface area contributed by atoms with Crippen molar-refractivity contribution in [2.75, 3.05) is 20.1 Å². The van der Waals surface area contributed by atoms with Gasteiger partial charge >= 0.3 is 0 Å². The Bertz CT molecular complexity index is 555. The van der Waals surface area contributed by atoms with Crippen LogP contribution in [-0.2, 0) is 6.54 Å². The molecule has 0 aromatic heterocycles. The smallest absolute Gasteiger partial charge is 0.0231 e. The molecule has 0 bridgehead atoms. The molecule has 0 aliphatic heterocycles. The second-order valence-electron chi connectivity index (χ2n) is 6.60. The monoisotopic (exact) mass is 270 g/mol. The van der Waals surface area contributed by atoms with Gasteiger partial charge in [0.15, 0.2) is 0 Å². The van der Waals surface area contributed by atoms with E-state index in [1.54, 1.807) is 0 Å². The molecule has 0 spiro atoms. The van der Waals surface area contributed by atoms with E-state index in [0.29, 0.717) is 0 Å². The summed E-state index contributed by atoms with van der Waals surface area (Å²) in [5.41, 5.74) is 1.58. The molecule has 2 aromatic carbocycles. The van der Waals surface area contributed by atoms with Crippen LogP contribution < -0.4 is 5.32 Å². The van der Waals surface area contributed by atoms with E-state index >= 15 is 0 Å². The van der Waals surface area contributed by atoms with E-state index in [-0.39, 0.29) is 5.54 Å². The standard InChI is InChI=1S/C18H26N2/c1-18(2,3)19-11-12-20(4)14-15-9-10-16-7-5-6-8-17(16)13-15/h5-10,13,19H,11-12,14H2,1-4H3. The molecule has 0 amide bonds. The first-order valence-electron chi connectivity index (χ1n) is 7.35. The summed E-state index contributed by atoms with van der Waals surface area (Å²) in [6.45, 7) is 9.69. The van der Waals surface area contributed by atoms with Gasteiger partial charge in [-0.15, -0.1) is 0 Å². The minimum atomic E-state index is 0.198. The SMILES string of the molecule is CN(CCNC(C)(C)C)Cc1ccc2ccccc2c1. The fraction of sp³-hybridized carbons (Fsp3) is 0.444. The lowest BCUT2D eigenvalue weighted by Gasteiger charge is -2.23. The topological polar surface area (TPSA) is 15.3 Å². The quantitative estimate of drug-likeness (QED) is 0.892. The van der Waals surface area contributed by atoms with Gasteiger partial charge in [-0.2, -0.15) is 0 Å². The first-order chi connectivity index (χ1) is 9.44. The molecule has 20 heavy (non-hydrogen) atoms. The zero-order valence-corrected chi connectivity index (χ0v) is 13.1. The predicted octanol–water partition coefficient (Wildman–Crippen LogP) is 3.66. The van der Waals surface area contributed by atoms with Crippen molar-refractivity contribution in [3.05, 3.63) is 48.0 Å².